The predicted octanol–water partition coefficient (Wildman–Crippen LogP) is 0.584. The summed E-state index contributed by atoms with van der Waals surface area (Å²) in [6, 6.07) is 6.75. The molecule has 152 valence electrons. The number of aliphatic carboxylic acids is 1. The van der Waals surface area contributed by atoms with Crippen LogP contribution < -0.4 is 10.9 Å². The molecule has 0 unspecified atom stereocenters. The van der Waals surface area contributed by atoms with Gasteiger partial charge in [-0.3, -0.25) is 19.2 Å². The van der Waals surface area contributed by atoms with Gasteiger partial charge >= 0.3 is 5.97 Å². The Kier molecular flexibility index (Phi) is 5.60. The molecule has 0 saturated carbocycles. The molecule has 1 aromatic heterocycles. The van der Waals surface area contributed by atoms with Crippen LogP contribution in [-0.2, 0) is 29.1 Å². The van der Waals surface area contributed by atoms with E-state index in [-0.39, 0.29) is 31.0 Å². The van der Waals surface area contributed by atoms with Crippen LogP contribution in [-0.4, -0.2) is 51.1 Å². The van der Waals surface area contributed by atoms with Crippen molar-refractivity contribution in [1.29, 1.82) is 0 Å². The number of carboxylic acid groups (broad SMARTS) is 1. The highest BCUT2D eigenvalue weighted by Gasteiger charge is 2.31. The van der Waals surface area contributed by atoms with Gasteiger partial charge < -0.3 is 25.0 Å². The molecular weight excluding hydrogens is 402 g/mol. The molecule has 0 saturated heterocycles. The summed E-state index contributed by atoms with van der Waals surface area (Å²) in [6.45, 7) is -0.547. The van der Waals surface area contributed by atoms with Crippen molar-refractivity contribution in [1.82, 2.24) is 14.8 Å². The van der Waals surface area contributed by atoms with Gasteiger partial charge in [0.15, 0.2) is 0 Å². The van der Waals surface area contributed by atoms with Crippen molar-refractivity contribution >= 4 is 29.4 Å². The number of nitrogens with zero attached hydrogens (tertiary/aromatic N) is 2. The van der Waals surface area contributed by atoms with Crippen LogP contribution in [0.1, 0.15) is 27.2 Å². The number of halogens is 1. The predicted molar refractivity (Wildman–Crippen MR) is 103 cm³/mol. The lowest BCUT2D eigenvalue weighted by Crippen LogP contribution is -2.41. The topological polar surface area (TPSA) is 129 Å². The van der Waals surface area contributed by atoms with Crippen molar-refractivity contribution in [2.24, 2.45) is 0 Å². The highest BCUT2D eigenvalue weighted by molar-refractivity contribution is 6.30. The van der Waals surface area contributed by atoms with Gasteiger partial charge in [0, 0.05) is 23.3 Å². The summed E-state index contributed by atoms with van der Waals surface area (Å²) in [7, 11) is 1.58. The zero-order valence-corrected chi connectivity index (χ0v) is 16.2. The van der Waals surface area contributed by atoms with Crippen molar-refractivity contribution in [3.63, 3.8) is 0 Å². The van der Waals surface area contributed by atoms with E-state index in [1.807, 2.05) is 0 Å². The maximum absolute atomic E-state index is 13.1. The first-order chi connectivity index (χ1) is 13.7. The van der Waals surface area contributed by atoms with Gasteiger partial charge in [-0.1, -0.05) is 23.7 Å². The minimum absolute atomic E-state index is 0.0832. The number of fused-ring (bicyclic) bond motifs is 1. The summed E-state index contributed by atoms with van der Waals surface area (Å²) in [5.74, 6) is -3.19. The molecule has 1 aromatic carbocycles. The average molecular weight is 420 g/mol. The van der Waals surface area contributed by atoms with E-state index in [4.69, 9.17) is 16.7 Å². The van der Waals surface area contributed by atoms with Gasteiger partial charge in [-0.2, -0.15) is 0 Å². The number of pyridine rings is 1. The summed E-state index contributed by atoms with van der Waals surface area (Å²) >= 11 is 5.90. The van der Waals surface area contributed by atoms with E-state index < -0.39 is 35.3 Å². The minimum atomic E-state index is -1.30. The fraction of sp³-hybridized carbons (Fsp3) is 0.263. The fourth-order valence-corrected chi connectivity index (χ4v) is 3.29. The molecule has 0 atom stereocenters. The molecule has 0 aliphatic carbocycles. The number of carboxylic acids is 1. The molecule has 0 bridgehead atoms. The highest BCUT2D eigenvalue weighted by atomic mass is 35.5. The lowest BCUT2D eigenvalue weighted by atomic mass is 9.99. The van der Waals surface area contributed by atoms with Gasteiger partial charge in [0.25, 0.3) is 11.5 Å². The molecule has 0 spiro atoms. The number of benzene rings is 1. The first-order valence-electron chi connectivity index (χ1n) is 8.65. The van der Waals surface area contributed by atoms with E-state index in [9.17, 15) is 24.3 Å². The van der Waals surface area contributed by atoms with Crippen LogP contribution in [0.25, 0.3) is 0 Å². The van der Waals surface area contributed by atoms with Crippen LogP contribution in [0.3, 0.4) is 0 Å². The summed E-state index contributed by atoms with van der Waals surface area (Å²) in [5.41, 5.74) is -0.0412. The second-order valence-corrected chi connectivity index (χ2v) is 7.11. The third-order valence-electron chi connectivity index (χ3n) is 4.68. The average Bonchev–Trinajstić information content (AvgIpc) is 2.66. The third-order valence-corrected chi connectivity index (χ3v) is 4.93. The van der Waals surface area contributed by atoms with E-state index in [1.54, 1.807) is 31.3 Å². The van der Waals surface area contributed by atoms with Gasteiger partial charge in [0.05, 0.1) is 19.5 Å². The van der Waals surface area contributed by atoms with E-state index in [0.29, 0.717) is 10.7 Å². The number of hydrogen-bond acceptors (Lipinski definition) is 5. The molecular formula is C19H18ClN3O6. The highest BCUT2D eigenvalue weighted by Crippen LogP contribution is 2.29. The number of nitrogens with one attached hydrogen (secondary N) is 1. The number of amides is 2. The van der Waals surface area contributed by atoms with Crippen LogP contribution in [0.2, 0.25) is 5.02 Å². The van der Waals surface area contributed by atoms with Crippen molar-refractivity contribution in [3.8, 4) is 5.75 Å². The van der Waals surface area contributed by atoms with Crippen molar-refractivity contribution < 1.29 is 24.6 Å². The standard InChI is InChI=1S/C19H18ClN3O6/c1-22-9-13-12(6-14(22)24)17(27)16(18(28)21-7-15(25)26)19(29)23(13)8-10-2-4-11(20)5-3-10/h2-5,27H,6-9H2,1H3,(H,21,28)(H,25,26). The largest absolute Gasteiger partial charge is 0.507 e. The van der Waals surface area contributed by atoms with Crippen molar-refractivity contribution in [2.75, 3.05) is 13.6 Å². The lowest BCUT2D eigenvalue weighted by molar-refractivity contribution is -0.135. The first kappa shape index (κ1) is 20.4. The van der Waals surface area contributed by atoms with E-state index >= 15 is 0 Å². The van der Waals surface area contributed by atoms with Gasteiger partial charge in [-0.15, -0.1) is 0 Å². The Bertz CT molecular complexity index is 1060. The fourth-order valence-electron chi connectivity index (χ4n) is 3.16. The zero-order chi connectivity index (χ0) is 21.3. The number of carbonyl (C=O) groups is 3. The van der Waals surface area contributed by atoms with Crippen LogP contribution in [0, 0.1) is 0 Å². The second kappa shape index (κ2) is 7.96. The molecule has 9 nitrogen and oxygen atoms in total. The molecule has 2 aromatic rings. The normalized spacial score (nSPS) is 13.2. The van der Waals surface area contributed by atoms with Crippen LogP contribution >= 0.6 is 11.6 Å². The zero-order valence-electron chi connectivity index (χ0n) is 15.4. The van der Waals surface area contributed by atoms with E-state index in [0.717, 1.165) is 5.56 Å². The quantitative estimate of drug-likeness (QED) is 0.650. The molecule has 0 fully saturated rings. The number of likely N-dealkylation sites (N-methyl/N-ethyl adjacent to an activating group) is 1. The Balaban J connectivity index is 2.15. The molecule has 3 N–H and O–H groups in total. The first-order valence-corrected chi connectivity index (χ1v) is 9.02. The summed E-state index contributed by atoms with van der Waals surface area (Å²) in [5, 5.41) is 21.9. The lowest BCUT2D eigenvalue weighted by Gasteiger charge is -2.29. The Hall–Kier alpha value is -3.33. The van der Waals surface area contributed by atoms with Crippen LogP contribution in [0.4, 0.5) is 0 Å². The molecule has 0 radical (unpaired) electrons. The summed E-state index contributed by atoms with van der Waals surface area (Å²) < 4.78 is 1.32. The molecule has 2 amide bonds. The van der Waals surface area contributed by atoms with Crippen LogP contribution in [0.15, 0.2) is 29.1 Å². The van der Waals surface area contributed by atoms with E-state index in [2.05, 4.69) is 5.32 Å². The number of hydrogen-bond donors (Lipinski definition) is 3. The summed E-state index contributed by atoms with van der Waals surface area (Å²) in [4.78, 5) is 49.8. The number of aromatic hydroxyl groups is 1. The molecule has 3 rings (SSSR count). The SMILES string of the molecule is CN1Cc2c(c(O)c(C(=O)NCC(=O)O)c(=O)n2Cc2ccc(Cl)cc2)CC1=O. The smallest absolute Gasteiger partial charge is 0.322 e. The second-order valence-electron chi connectivity index (χ2n) is 6.67. The van der Waals surface area contributed by atoms with Gasteiger partial charge in [0.1, 0.15) is 17.9 Å². The number of aromatic nitrogens is 1. The van der Waals surface area contributed by atoms with E-state index in [1.165, 1.54) is 9.47 Å². The minimum Gasteiger partial charge on any atom is -0.507 e. The van der Waals surface area contributed by atoms with Crippen molar-refractivity contribution in [2.45, 2.75) is 19.5 Å². The van der Waals surface area contributed by atoms with Crippen LogP contribution in [0.5, 0.6) is 5.75 Å². The molecule has 1 aliphatic heterocycles. The van der Waals surface area contributed by atoms with Crippen molar-refractivity contribution in [3.05, 3.63) is 62.0 Å². The summed E-state index contributed by atoms with van der Waals surface area (Å²) in [6.07, 6.45) is -0.183. The Morgan fingerprint density at radius 3 is 2.48 bits per heavy atom. The monoisotopic (exact) mass is 419 g/mol. The number of rotatable bonds is 5. The maximum Gasteiger partial charge on any atom is 0.322 e. The number of carbonyl (C=O) groups excluding carboxylic acids is 2. The Morgan fingerprint density at radius 1 is 1.21 bits per heavy atom. The molecule has 1 aliphatic rings. The Morgan fingerprint density at radius 2 is 1.86 bits per heavy atom. The van der Waals surface area contributed by atoms with Gasteiger partial charge in [-0.25, -0.2) is 0 Å². The molecule has 2 heterocycles. The maximum atomic E-state index is 13.1. The van der Waals surface area contributed by atoms with Gasteiger partial charge in [0.2, 0.25) is 5.91 Å². The molecule has 29 heavy (non-hydrogen) atoms. The third kappa shape index (κ3) is 4.09. The Labute approximate surface area is 170 Å². The molecule has 10 heteroatoms. The van der Waals surface area contributed by atoms with Gasteiger partial charge in [-0.05, 0) is 17.7 Å².